The summed E-state index contributed by atoms with van der Waals surface area (Å²) in [7, 11) is 0. The Kier molecular flexibility index (Phi) is 5.67. The molecular formula is C17H24N2O3S. The third kappa shape index (κ3) is 4.12. The standard InChI is InChI=1S/C17H24N2O3S/c20-16-3-1-7-18(16)8-2-9-19(15-4-10-22-11-5-15)17(21)14-6-12-23-13-14/h6,12-13,15H,1-5,7-11H2. The van der Waals surface area contributed by atoms with Gasteiger partial charge in [-0.1, -0.05) is 0 Å². The van der Waals surface area contributed by atoms with E-state index < -0.39 is 0 Å². The van der Waals surface area contributed by atoms with Gasteiger partial charge < -0.3 is 14.5 Å². The molecule has 2 fully saturated rings. The Morgan fingerprint density at radius 2 is 2.22 bits per heavy atom. The molecule has 0 spiro atoms. The number of hydrogen-bond acceptors (Lipinski definition) is 4. The zero-order valence-electron chi connectivity index (χ0n) is 13.4. The van der Waals surface area contributed by atoms with Gasteiger partial charge in [0.2, 0.25) is 5.91 Å². The molecule has 2 saturated heterocycles. The van der Waals surface area contributed by atoms with Gasteiger partial charge in [0, 0.05) is 50.7 Å². The van der Waals surface area contributed by atoms with E-state index in [9.17, 15) is 9.59 Å². The van der Waals surface area contributed by atoms with E-state index in [2.05, 4.69) is 0 Å². The second kappa shape index (κ2) is 7.93. The van der Waals surface area contributed by atoms with Gasteiger partial charge in [-0.15, -0.1) is 0 Å². The van der Waals surface area contributed by atoms with Crippen LogP contribution < -0.4 is 0 Å². The summed E-state index contributed by atoms with van der Waals surface area (Å²) in [5.41, 5.74) is 0.777. The first-order valence-corrected chi connectivity index (χ1v) is 9.38. The van der Waals surface area contributed by atoms with Crippen LogP contribution in [0.15, 0.2) is 16.8 Å². The van der Waals surface area contributed by atoms with Crippen molar-refractivity contribution in [1.29, 1.82) is 0 Å². The van der Waals surface area contributed by atoms with E-state index in [0.29, 0.717) is 13.0 Å². The predicted octanol–water partition coefficient (Wildman–Crippen LogP) is 2.38. The summed E-state index contributed by atoms with van der Waals surface area (Å²) < 4.78 is 5.43. The Hall–Kier alpha value is -1.40. The van der Waals surface area contributed by atoms with Crippen LogP contribution in [0.2, 0.25) is 0 Å². The minimum absolute atomic E-state index is 0.117. The van der Waals surface area contributed by atoms with Gasteiger partial charge in [-0.3, -0.25) is 9.59 Å². The molecule has 23 heavy (non-hydrogen) atoms. The summed E-state index contributed by atoms with van der Waals surface area (Å²) in [5, 5.41) is 3.86. The van der Waals surface area contributed by atoms with Gasteiger partial charge in [-0.25, -0.2) is 0 Å². The fourth-order valence-corrected chi connectivity index (χ4v) is 4.00. The lowest BCUT2D eigenvalue weighted by molar-refractivity contribution is -0.127. The third-order valence-electron chi connectivity index (χ3n) is 4.66. The van der Waals surface area contributed by atoms with Crippen LogP contribution >= 0.6 is 11.3 Å². The van der Waals surface area contributed by atoms with Crippen LogP contribution in [0.25, 0.3) is 0 Å². The molecule has 2 aliphatic heterocycles. The first kappa shape index (κ1) is 16.5. The highest BCUT2D eigenvalue weighted by Gasteiger charge is 2.27. The van der Waals surface area contributed by atoms with Gasteiger partial charge in [-0.2, -0.15) is 11.3 Å². The summed E-state index contributed by atoms with van der Waals surface area (Å²) >= 11 is 1.55. The van der Waals surface area contributed by atoms with Crippen molar-refractivity contribution in [1.82, 2.24) is 9.80 Å². The highest BCUT2D eigenvalue weighted by atomic mass is 32.1. The van der Waals surface area contributed by atoms with Crippen LogP contribution in [-0.2, 0) is 9.53 Å². The van der Waals surface area contributed by atoms with E-state index in [-0.39, 0.29) is 17.9 Å². The summed E-state index contributed by atoms with van der Waals surface area (Å²) in [6, 6.07) is 2.15. The zero-order chi connectivity index (χ0) is 16.1. The second-order valence-corrected chi connectivity index (χ2v) is 6.97. The number of ether oxygens (including phenoxy) is 1. The van der Waals surface area contributed by atoms with E-state index >= 15 is 0 Å². The molecule has 0 radical (unpaired) electrons. The van der Waals surface area contributed by atoms with Crippen LogP contribution in [0, 0.1) is 0 Å². The SMILES string of the molecule is O=C1CCCN1CCCN(C(=O)c1ccsc1)C1CCOCC1. The van der Waals surface area contributed by atoms with Gasteiger partial charge in [0.25, 0.3) is 5.91 Å². The van der Waals surface area contributed by atoms with Gasteiger partial charge in [0.05, 0.1) is 5.56 Å². The van der Waals surface area contributed by atoms with E-state index in [1.807, 2.05) is 26.6 Å². The molecule has 0 aromatic carbocycles. The van der Waals surface area contributed by atoms with Gasteiger partial charge in [0.1, 0.15) is 0 Å². The number of thiophene rings is 1. The molecule has 1 aromatic rings. The molecule has 6 heteroatoms. The van der Waals surface area contributed by atoms with Crippen molar-refractivity contribution in [2.45, 2.75) is 38.1 Å². The number of carbonyl (C=O) groups excluding carboxylic acids is 2. The lowest BCUT2D eigenvalue weighted by Crippen LogP contribution is -2.44. The molecule has 0 N–H and O–H groups in total. The maximum atomic E-state index is 12.8. The number of rotatable bonds is 6. The molecule has 1 aromatic heterocycles. The maximum Gasteiger partial charge on any atom is 0.254 e. The molecule has 0 unspecified atom stereocenters. The number of hydrogen-bond donors (Lipinski definition) is 0. The Morgan fingerprint density at radius 1 is 1.39 bits per heavy atom. The summed E-state index contributed by atoms with van der Waals surface area (Å²) in [6.45, 7) is 3.79. The van der Waals surface area contributed by atoms with Crippen LogP contribution in [0.5, 0.6) is 0 Å². The molecule has 0 bridgehead atoms. The third-order valence-corrected chi connectivity index (χ3v) is 5.34. The average Bonchev–Trinajstić information content (AvgIpc) is 3.24. The van der Waals surface area contributed by atoms with Crippen molar-refractivity contribution in [3.05, 3.63) is 22.4 Å². The summed E-state index contributed by atoms with van der Waals surface area (Å²) in [6.07, 6.45) is 4.30. The van der Waals surface area contributed by atoms with Crippen molar-refractivity contribution >= 4 is 23.2 Å². The van der Waals surface area contributed by atoms with Crippen molar-refractivity contribution in [3.63, 3.8) is 0 Å². The average molecular weight is 336 g/mol. The van der Waals surface area contributed by atoms with E-state index in [4.69, 9.17) is 4.74 Å². The van der Waals surface area contributed by atoms with Crippen LogP contribution in [0.3, 0.4) is 0 Å². The van der Waals surface area contributed by atoms with Crippen molar-refractivity contribution < 1.29 is 14.3 Å². The molecule has 0 atom stereocenters. The van der Waals surface area contributed by atoms with E-state index in [1.54, 1.807) is 11.3 Å². The monoisotopic (exact) mass is 336 g/mol. The van der Waals surface area contributed by atoms with E-state index in [1.165, 1.54) is 0 Å². The normalized spacial score (nSPS) is 19.3. The largest absolute Gasteiger partial charge is 0.381 e. The summed E-state index contributed by atoms with van der Waals surface area (Å²) in [5.74, 6) is 0.373. The van der Waals surface area contributed by atoms with E-state index in [0.717, 1.165) is 57.6 Å². The highest BCUT2D eigenvalue weighted by Crippen LogP contribution is 2.20. The fourth-order valence-electron chi connectivity index (χ4n) is 3.37. The first-order chi connectivity index (χ1) is 11.3. The predicted molar refractivity (Wildman–Crippen MR) is 89.6 cm³/mol. The molecular weight excluding hydrogens is 312 g/mol. The molecule has 2 amide bonds. The van der Waals surface area contributed by atoms with Crippen LogP contribution in [0.4, 0.5) is 0 Å². The molecule has 0 aliphatic carbocycles. The smallest absolute Gasteiger partial charge is 0.254 e. The maximum absolute atomic E-state index is 12.8. The van der Waals surface area contributed by atoms with Crippen LogP contribution in [-0.4, -0.2) is 60.5 Å². The van der Waals surface area contributed by atoms with Crippen molar-refractivity contribution in [2.75, 3.05) is 32.8 Å². The van der Waals surface area contributed by atoms with Crippen LogP contribution in [0.1, 0.15) is 42.5 Å². The number of amides is 2. The quantitative estimate of drug-likeness (QED) is 0.801. The van der Waals surface area contributed by atoms with Gasteiger partial charge in [0.15, 0.2) is 0 Å². The Morgan fingerprint density at radius 3 is 2.87 bits per heavy atom. The minimum atomic E-state index is 0.117. The number of likely N-dealkylation sites (tertiary alicyclic amines) is 1. The zero-order valence-corrected chi connectivity index (χ0v) is 14.2. The van der Waals surface area contributed by atoms with Gasteiger partial charge >= 0.3 is 0 Å². The molecule has 126 valence electrons. The minimum Gasteiger partial charge on any atom is -0.381 e. The fraction of sp³-hybridized carbons (Fsp3) is 0.647. The molecule has 5 nitrogen and oxygen atoms in total. The molecule has 3 heterocycles. The Balaban J connectivity index is 1.60. The molecule has 3 rings (SSSR count). The first-order valence-electron chi connectivity index (χ1n) is 8.44. The lowest BCUT2D eigenvalue weighted by Gasteiger charge is -2.34. The lowest BCUT2D eigenvalue weighted by atomic mass is 10.1. The Bertz CT molecular complexity index is 526. The Labute approximate surface area is 141 Å². The molecule has 2 aliphatic rings. The molecule has 0 saturated carbocycles. The highest BCUT2D eigenvalue weighted by molar-refractivity contribution is 7.08. The summed E-state index contributed by atoms with van der Waals surface area (Å²) in [4.78, 5) is 28.4. The van der Waals surface area contributed by atoms with Crippen molar-refractivity contribution in [2.24, 2.45) is 0 Å². The second-order valence-electron chi connectivity index (χ2n) is 6.19. The van der Waals surface area contributed by atoms with Crippen molar-refractivity contribution in [3.8, 4) is 0 Å². The topological polar surface area (TPSA) is 49.9 Å². The number of carbonyl (C=O) groups is 2. The van der Waals surface area contributed by atoms with Gasteiger partial charge in [-0.05, 0) is 37.1 Å². The number of nitrogens with zero attached hydrogens (tertiary/aromatic N) is 2.